The van der Waals surface area contributed by atoms with E-state index in [0.717, 1.165) is 16.8 Å². The van der Waals surface area contributed by atoms with Crippen LogP contribution in [-0.4, -0.2) is 99.6 Å². The van der Waals surface area contributed by atoms with Crippen molar-refractivity contribution in [3.05, 3.63) is 64.0 Å². The zero-order valence-electron chi connectivity index (χ0n) is 22.6. The lowest BCUT2D eigenvalue weighted by Gasteiger charge is -2.46. The summed E-state index contributed by atoms with van der Waals surface area (Å²) in [6.45, 7) is 0.0342. The predicted octanol–water partition coefficient (Wildman–Crippen LogP) is 2.10. The molecule has 3 heterocycles. The second-order valence-electron chi connectivity index (χ2n) is 10.3. The van der Waals surface area contributed by atoms with Crippen LogP contribution in [0.4, 0.5) is 18.9 Å². The fraction of sp³-hybridized carbons (Fsp3) is 0.444. The highest BCUT2D eigenvalue weighted by molar-refractivity contribution is 6.35. The fourth-order valence-electron chi connectivity index (χ4n) is 5.51. The predicted molar refractivity (Wildman–Crippen MR) is 148 cm³/mol. The van der Waals surface area contributed by atoms with Gasteiger partial charge >= 0.3 is 0 Å². The Morgan fingerprint density at radius 3 is 2.44 bits per heavy atom. The lowest BCUT2D eigenvalue weighted by molar-refractivity contribution is -0.211. The molecular formula is C27H28Cl2F3N5O6. The van der Waals surface area contributed by atoms with Crippen molar-refractivity contribution in [3.8, 4) is 11.3 Å². The van der Waals surface area contributed by atoms with Gasteiger partial charge in [-0.3, -0.25) is 4.79 Å². The molecule has 2 aliphatic rings. The maximum Gasteiger partial charge on any atom is 0.259 e. The zero-order valence-corrected chi connectivity index (χ0v) is 24.1. The van der Waals surface area contributed by atoms with Crippen LogP contribution in [0.25, 0.3) is 11.3 Å². The number of aliphatic hydroxyl groups excluding tert-OH is 3. The molecule has 0 saturated carbocycles. The van der Waals surface area contributed by atoms with Gasteiger partial charge < -0.3 is 35.0 Å². The maximum absolute atomic E-state index is 14.4. The van der Waals surface area contributed by atoms with Gasteiger partial charge in [-0.15, -0.1) is 5.10 Å². The lowest BCUT2D eigenvalue weighted by atomic mass is 9.90. The first-order valence-corrected chi connectivity index (χ1v) is 14.0. The van der Waals surface area contributed by atoms with E-state index in [0.29, 0.717) is 13.0 Å². The number of anilines is 1. The third-order valence-corrected chi connectivity index (χ3v) is 8.02. The van der Waals surface area contributed by atoms with Gasteiger partial charge in [-0.1, -0.05) is 28.4 Å². The third-order valence-electron chi connectivity index (χ3n) is 7.59. The van der Waals surface area contributed by atoms with Crippen LogP contribution in [0.2, 0.25) is 10.0 Å². The topological polar surface area (TPSA) is 142 Å². The number of halogens is 5. The van der Waals surface area contributed by atoms with Gasteiger partial charge in [0.15, 0.2) is 23.6 Å². The van der Waals surface area contributed by atoms with Crippen molar-refractivity contribution in [3.63, 3.8) is 0 Å². The zero-order chi connectivity index (χ0) is 31.0. The molecule has 2 aromatic carbocycles. The first-order chi connectivity index (χ1) is 20.5. The first-order valence-electron chi connectivity index (χ1n) is 13.3. The number of carbonyl (C=O) groups excluding carboxylic acids is 1. The van der Waals surface area contributed by atoms with Gasteiger partial charge in [-0.2, -0.15) is 0 Å². The van der Waals surface area contributed by atoms with Gasteiger partial charge in [-0.05, 0) is 43.3 Å². The van der Waals surface area contributed by atoms with Crippen molar-refractivity contribution in [2.45, 2.75) is 49.0 Å². The molecule has 11 nitrogen and oxygen atoms in total. The SMILES string of the molecule is CO[C@@H]1[C@@H](n2cc(-c3cc(F)c(F)c(F)c3)nn2)[C@@H](O)[C@@H](CO)O[C@H]1C(=O)N(c1cc(Cl)cc(Cl)c1)[C@H]1CNCC[C@@H]1O. The summed E-state index contributed by atoms with van der Waals surface area (Å²) >= 11 is 12.5. The molecule has 2 aliphatic heterocycles. The van der Waals surface area contributed by atoms with Crippen molar-refractivity contribution in [2.75, 3.05) is 31.7 Å². The number of hydrogen-bond donors (Lipinski definition) is 4. The average molecular weight is 646 g/mol. The number of piperidine rings is 1. The smallest absolute Gasteiger partial charge is 0.259 e. The first kappa shape index (κ1) is 31.6. The molecule has 16 heteroatoms. The standard InChI is InChI=1S/C27H28Cl2F3N5O6/c1-42-25-23(36-10-18(34-35-36)12-4-16(30)22(32)17(31)5-12)24(40)21(11-38)43-26(25)27(41)37(19-9-33-3-2-20(19)39)15-7-13(28)6-14(29)8-15/h4-8,10,19-21,23-26,33,38-40H,2-3,9,11H2,1H3/t19-,20-,21+,23-,24-,25+,26+/m0/s1. The minimum absolute atomic E-state index is 0.0682. The molecule has 0 spiro atoms. The highest BCUT2D eigenvalue weighted by atomic mass is 35.5. The molecule has 4 N–H and O–H groups in total. The Hall–Kier alpha value is -2.82. The van der Waals surface area contributed by atoms with E-state index in [4.69, 9.17) is 32.7 Å². The molecule has 0 unspecified atom stereocenters. The second-order valence-corrected chi connectivity index (χ2v) is 11.1. The molecule has 43 heavy (non-hydrogen) atoms. The normalized spacial score (nSPS) is 27.7. The number of amides is 1. The Morgan fingerprint density at radius 2 is 1.84 bits per heavy atom. The maximum atomic E-state index is 14.4. The van der Waals surface area contributed by atoms with E-state index in [2.05, 4.69) is 15.6 Å². The van der Waals surface area contributed by atoms with Crippen molar-refractivity contribution in [2.24, 2.45) is 0 Å². The van der Waals surface area contributed by atoms with Crippen LogP contribution in [0.15, 0.2) is 36.5 Å². The van der Waals surface area contributed by atoms with Gasteiger partial charge in [-0.25, -0.2) is 17.9 Å². The molecule has 0 aliphatic carbocycles. The van der Waals surface area contributed by atoms with E-state index in [1.54, 1.807) is 0 Å². The summed E-state index contributed by atoms with van der Waals surface area (Å²) in [4.78, 5) is 15.7. The van der Waals surface area contributed by atoms with E-state index in [1.807, 2.05) is 0 Å². The van der Waals surface area contributed by atoms with Crippen LogP contribution in [0.5, 0.6) is 0 Å². The minimum atomic E-state index is -1.65. The summed E-state index contributed by atoms with van der Waals surface area (Å²) in [7, 11) is 1.27. The quantitative estimate of drug-likeness (QED) is 0.284. The van der Waals surface area contributed by atoms with Crippen LogP contribution in [0.1, 0.15) is 12.5 Å². The van der Waals surface area contributed by atoms with Gasteiger partial charge in [0, 0.05) is 35.0 Å². The lowest BCUT2D eigenvalue weighted by Crippen LogP contribution is -2.64. The summed E-state index contributed by atoms with van der Waals surface area (Å²) < 4.78 is 54.0. The van der Waals surface area contributed by atoms with Gasteiger partial charge in [0.05, 0.1) is 24.9 Å². The number of benzene rings is 2. The monoisotopic (exact) mass is 645 g/mol. The summed E-state index contributed by atoms with van der Waals surface area (Å²) in [6.07, 6.45) is -4.89. The molecule has 232 valence electrons. The van der Waals surface area contributed by atoms with Crippen LogP contribution in [0.3, 0.4) is 0 Å². The number of methoxy groups -OCH3 is 1. The molecule has 7 atom stereocenters. The van der Waals surface area contributed by atoms with E-state index in [-0.39, 0.29) is 33.5 Å². The van der Waals surface area contributed by atoms with Crippen LogP contribution in [-0.2, 0) is 14.3 Å². The average Bonchev–Trinajstić information content (AvgIpc) is 3.45. The van der Waals surface area contributed by atoms with Gasteiger partial charge in [0.25, 0.3) is 5.91 Å². The number of nitrogens with one attached hydrogen (secondary N) is 1. The molecule has 3 aromatic rings. The summed E-state index contributed by atoms with van der Waals surface area (Å²) in [5.41, 5.74) is 0.0639. The molecular weight excluding hydrogens is 618 g/mol. The van der Waals surface area contributed by atoms with Crippen LogP contribution in [0, 0.1) is 17.5 Å². The highest BCUT2D eigenvalue weighted by Gasteiger charge is 2.52. The second kappa shape index (κ2) is 13.0. The van der Waals surface area contributed by atoms with E-state index in [1.165, 1.54) is 36.4 Å². The molecule has 2 fully saturated rings. The largest absolute Gasteiger partial charge is 0.394 e. The van der Waals surface area contributed by atoms with Crippen molar-refractivity contribution in [1.29, 1.82) is 0 Å². The number of aliphatic hydroxyl groups is 3. The minimum Gasteiger partial charge on any atom is -0.394 e. The molecule has 2 saturated heterocycles. The molecule has 1 amide bonds. The van der Waals surface area contributed by atoms with Crippen molar-refractivity contribution >= 4 is 34.8 Å². The third kappa shape index (κ3) is 6.24. The Labute approximate surface area is 253 Å². The molecule has 5 rings (SSSR count). The van der Waals surface area contributed by atoms with Crippen LogP contribution >= 0.6 is 23.2 Å². The number of aromatic nitrogens is 3. The number of carbonyl (C=O) groups is 1. The fourth-order valence-corrected chi connectivity index (χ4v) is 6.02. The Balaban J connectivity index is 1.55. The number of ether oxygens (including phenoxy) is 2. The number of nitrogens with zero attached hydrogens (tertiary/aromatic N) is 4. The molecule has 0 bridgehead atoms. The Bertz CT molecular complexity index is 1440. The number of rotatable bonds is 7. The highest BCUT2D eigenvalue weighted by Crippen LogP contribution is 2.36. The van der Waals surface area contributed by atoms with E-state index in [9.17, 15) is 33.3 Å². The summed E-state index contributed by atoms with van der Waals surface area (Å²) in [5.74, 6) is -5.21. The summed E-state index contributed by atoms with van der Waals surface area (Å²) in [5, 5.41) is 43.6. The molecule has 1 aromatic heterocycles. The molecule has 0 radical (unpaired) electrons. The number of hydrogen-bond acceptors (Lipinski definition) is 9. The summed E-state index contributed by atoms with van der Waals surface area (Å²) in [6, 6.07) is 3.96. The van der Waals surface area contributed by atoms with E-state index >= 15 is 0 Å². The van der Waals surface area contributed by atoms with Crippen molar-refractivity contribution < 1.29 is 42.8 Å². The van der Waals surface area contributed by atoms with Gasteiger partial charge in [0.1, 0.15) is 30.0 Å². The van der Waals surface area contributed by atoms with E-state index < -0.39 is 72.6 Å². The van der Waals surface area contributed by atoms with Crippen LogP contribution < -0.4 is 10.2 Å². The Kier molecular flexibility index (Phi) is 9.58. The Morgan fingerprint density at radius 1 is 1.16 bits per heavy atom. The van der Waals surface area contributed by atoms with Gasteiger partial charge in [0.2, 0.25) is 0 Å². The van der Waals surface area contributed by atoms with Crippen molar-refractivity contribution in [1.82, 2.24) is 20.3 Å².